The zero-order valence-electron chi connectivity index (χ0n) is 11.3. The Morgan fingerprint density at radius 2 is 1.76 bits per heavy atom. The van der Waals surface area contributed by atoms with E-state index in [0.717, 1.165) is 11.0 Å². The van der Waals surface area contributed by atoms with Crippen LogP contribution in [0.4, 0.5) is 0 Å². The summed E-state index contributed by atoms with van der Waals surface area (Å²) in [6.45, 7) is 8.17. The maximum absolute atomic E-state index is 5.27. The second kappa shape index (κ2) is 5.37. The molecule has 1 aromatic heterocycles. The molecule has 0 aromatic carbocycles. The van der Waals surface area contributed by atoms with Crippen molar-refractivity contribution in [3.05, 3.63) is 5.82 Å². The van der Waals surface area contributed by atoms with Crippen LogP contribution in [0.1, 0.15) is 33.5 Å². The van der Waals surface area contributed by atoms with E-state index in [1.807, 2.05) is 6.92 Å². The molecule has 6 heteroatoms. The number of nitrogens with zero attached hydrogens (tertiary/aromatic N) is 2. The molecule has 1 aromatic rings. The molecule has 0 bridgehead atoms. The Balaban J connectivity index is 2.62. The minimum Gasteiger partial charge on any atom is -0.353 e. The average Bonchev–Trinajstić information content (AvgIpc) is 2.74. The van der Waals surface area contributed by atoms with Crippen LogP contribution in [0.15, 0.2) is 5.16 Å². The maximum Gasteiger partial charge on any atom is 0.208 e. The van der Waals surface area contributed by atoms with Crippen LogP contribution in [0.3, 0.4) is 0 Å². The molecule has 0 saturated heterocycles. The fourth-order valence-electron chi connectivity index (χ4n) is 1.04. The number of aromatic nitrogens is 3. The standard InChI is InChI=1S/C11H21N3O2S/c1-10(2,3)8-12-9(14-13-8)17-7-11(4,15-5)16-6/h7H2,1-6H3,(H,12,13,14). The number of hydrogen-bond acceptors (Lipinski definition) is 5. The quantitative estimate of drug-likeness (QED) is 0.649. The van der Waals surface area contributed by atoms with Crippen LogP contribution in [0.25, 0.3) is 0 Å². The van der Waals surface area contributed by atoms with Gasteiger partial charge in [0.15, 0.2) is 5.79 Å². The molecular weight excluding hydrogens is 238 g/mol. The Bertz CT molecular complexity index is 356. The van der Waals surface area contributed by atoms with E-state index in [1.54, 1.807) is 14.2 Å². The monoisotopic (exact) mass is 259 g/mol. The molecule has 0 saturated carbocycles. The first-order valence-electron chi connectivity index (χ1n) is 5.47. The summed E-state index contributed by atoms with van der Waals surface area (Å²) in [6, 6.07) is 0. The van der Waals surface area contributed by atoms with Crippen LogP contribution in [-0.2, 0) is 14.9 Å². The second-order valence-electron chi connectivity index (χ2n) is 5.05. The van der Waals surface area contributed by atoms with Crippen LogP contribution < -0.4 is 0 Å². The molecule has 5 nitrogen and oxygen atoms in total. The summed E-state index contributed by atoms with van der Waals surface area (Å²) in [5.41, 5.74) is -0.0162. The molecule has 0 radical (unpaired) electrons. The van der Waals surface area contributed by atoms with Crippen LogP contribution in [0.2, 0.25) is 0 Å². The highest BCUT2D eigenvalue weighted by Gasteiger charge is 2.25. The number of aromatic amines is 1. The molecule has 0 amide bonds. The molecule has 1 N–H and O–H groups in total. The third-order valence-electron chi connectivity index (χ3n) is 2.50. The number of H-pyrrole nitrogens is 1. The number of hydrogen-bond donors (Lipinski definition) is 1. The Hall–Kier alpha value is -0.590. The maximum atomic E-state index is 5.27. The molecule has 98 valence electrons. The van der Waals surface area contributed by atoms with Gasteiger partial charge in [-0.3, -0.25) is 5.10 Å². The van der Waals surface area contributed by atoms with E-state index in [1.165, 1.54) is 11.8 Å². The lowest BCUT2D eigenvalue weighted by Gasteiger charge is -2.25. The van der Waals surface area contributed by atoms with Crippen molar-refractivity contribution in [3.8, 4) is 0 Å². The van der Waals surface area contributed by atoms with Crippen molar-refractivity contribution in [2.24, 2.45) is 0 Å². The number of nitrogens with one attached hydrogen (secondary N) is 1. The van der Waals surface area contributed by atoms with Crippen LogP contribution in [0.5, 0.6) is 0 Å². The molecule has 0 fully saturated rings. The molecular formula is C11H21N3O2S. The lowest BCUT2D eigenvalue weighted by Crippen LogP contribution is -2.32. The molecule has 0 aliphatic heterocycles. The van der Waals surface area contributed by atoms with Crippen molar-refractivity contribution in [2.45, 2.75) is 44.1 Å². The van der Waals surface area contributed by atoms with E-state index in [-0.39, 0.29) is 5.41 Å². The predicted molar refractivity (Wildman–Crippen MR) is 68.2 cm³/mol. The first-order chi connectivity index (χ1) is 7.80. The molecule has 0 spiro atoms. The van der Waals surface area contributed by atoms with Gasteiger partial charge in [-0.15, -0.1) is 5.10 Å². The predicted octanol–water partition coefficient (Wildman–Crippen LogP) is 2.20. The highest BCUT2D eigenvalue weighted by Crippen LogP contribution is 2.24. The van der Waals surface area contributed by atoms with E-state index in [9.17, 15) is 0 Å². The first kappa shape index (κ1) is 14.5. The van der Waals surface area contributed by atoms with Gasteiger partial charge < -0.3 is 9.47 Å². The Labute approximate surface area is 107 Å². The number of methoxy groups -OCH3 is 2. The molecule has 0 aliphatic carbocycles. The SMILES string of the molecule is COC(C)(CSc1n[nH]c(C(C)(C)C)n1)OC. The third kappa shape index (κ3) is 3.97. The summed E-state index contributed by atoms with van der Waals surface area (Å²) in [7, 11) is 3.26. The van der Waals surface area contributed by atoms with E-state index in [0.29, 0.717) is 5.75 Å². The smallest absolute Gasteiger partial charge is 0.208 e. The van der Waals surface area contributed by atoms with Gasteiger partial charge in [0.2, 0.25) is 5.16 Å². The Morgan fingerprint density at radius 1 is 1.18 bits per heavy atom. The summed E-state index contributed by atoms with van der Waals surface area (Å²) < 4.78 is 10.5. The van der Waals surface area contributed by atoms with Gasteiger partial charge in [0.25, 0.3) is 0 Å². The van der Waals surface area contributed by atoms with Crippen molar-refractivity contribution in [1.29, 1.82) is 0 Å². The van der Waals surface area contributed by atoms with E-state index < -0.39 is 5.79 Å². The van der Waals surface area contributed by atoms with Gasteiger partial charge in [0, 0.05) is 19.6 Å². The lowest BCUT2D eigenvalue weighted by molar-refractivity contribution is -0.175. The normalized spacial score (nSPS) is 13.1. The summed E-state index contributed by atoms with van der Waals surface area (Å²) in [5.74, 6) is 0.922. The summed E-state index contributed by atoms with van der Waals surface area (Å²) >= 11 is 1.51. The highest BCUT2D eigenvalue weighted by atomic mass is 32.2. The molecule has 1 rings (SSSR count). The lowest BCUT2D eigenvalue weighted by atomic mass is 9.96. The Morgan fingerprint density at radius 3 is 2.18 bits per heavy atom. The molecule has 17 heavy (non-hydrogen) atoms. The second-order valence-corrected chi connectivity index (χ2v) is 5.99. The molecule has 0 aliphatic rings. The van der Waals surface area contributed by atoms with Crippen LogP contribution in [0, 0.1) is 0 Å². The largest absolute Gasteiger partial charge is 0.353 e. The summed E-state index contributed by atoms with van der Waals surface area (Å²) in [6.07, 6.45) is 0. The fourth-order valence-corrected chi connectivity index (χ4v) is 1.94. The number of rotatable bonds is 5. The Kier molecular flexibility index (Phi) is 4.57. The van der Waals surface area contributed by atoms with Gasteiger partial charge >= 0.3 is 0 Å². The summed E-state index contributed by atoms with van der Waals surface area (Å²) in [4.78, 5) is 4.44. The topological polar surface area (TPSA) is 60.0 Å². The van der Waals surface area contributed by atoms with Gasteiger partial charge in [-0.25, -0.2) is 4.98 Å². The molecule has 1 heterocycles. The highest BCUT2D eigenvalue weighted by molar-refractivity contribution is 7.99. The van der Waals surface area contributed by atoms with Crippen molar-refractivity contribution < 1.29 is 9.47 Å². The van der Waals surface area contributed by atoms with Crippen molar-refractivity contribution in [2.75, 3.05) is 20.0 Å². The van der Waals surface area contributed by atoms with Crippen molar-refractivity contribution in [3.63, 3.8) is 0 Å². The van der Waals surface area contributed by atoms with E-state index in [2.05, 4.69) is 36.0 Å². The first-order valence-corrected chi connectivity index (χ1v) is 6.45. The van der Waals surface area contributed by atoms with Crippen molar-refractivity contribution in [1.82, 2.24) is 15.2 Å². The van der Waals surface area contributed by atoms with Gasteiger partial charge in [0.05, 0.1) is 5.75 Å². The van der Waals surface area contributed by atoms with E-state index >= 15 is 0 Å². The summed E-state index contributed by atoms with van der Waals surface area (Å²) in [5, 5.41) is 7.84. The zero-order valence-corrected chi connectivity index (χ0v) is 12.1. The molecule has 0 atom stereocenters. The van der Waals surface area contributed by atoms with Crippen LogP contribution >= 0.6 is 11.8 Å². The average molecular weight is 259 g/mol. The minimum absolute atomic E-state index is 0.0162. The van der Waals surface area contributed by atoms with Crippen LogP contribution in [-0.4, -0.2) is 40.9 Å². The third-order valence-corrected chi connectivity index (χ3v) is 3.61. The van der Waals surface area contributed by atoms with Gasteiger partial charge in [-0.1, -0.05) is 32.5 Å². The zero-order chi connectivity index (χ0) is 13.1. The van der Waals surface area contributed by atoms with Gasteiger partial charge in [-0.05, 0) is 6.92 Å². The minimum atomic E-state index is -0.604. The van der Waals surface area contributed by atoms with E-state index in [4.69, 9.17) is 9.47 Å². The van der Waals surface area contributed by atoms with Crippen molar-refractivity contribution >= 4 is 11.8 Å². The van der Waals surface area contributed by atoms with Gasteiger partial charge in [0.1, 0.15) is 5.82 Å². The number of thioether (sulfide) groups is 1. The molecule has 0 unspecified atom stereocenters. The van der Waals surface area contributed by atoms with Gasteiger partial charge in [-0.2, -0.15) is 0 Å². The number of ether oxygens (including phenoxy) is 2. The fraction of sp³-hybridized carbons (Fsp3) is 0.818.